The molecule has 27 heavy (non-hydrogen) atoms. The molecule has 1 saturated carbocycles. The number of sulfonamides is 1. The fourth-order valence-corrected chi connectivity index (χ4v) is 7.15. The molecule has 0 N–H and O–H groups in total. The van der Waals surface area contributed by atoms with Crippen LogP contribution in [0.3, 0.4) is 0 Å². The highest BCUT2D eigenvalue weighted by Gasteiger charge is 2.31. The van der Waals surface area contributed by atoms with Gasteiger partial charge in [0.05, 0.1) is 9.92 Å². The summed E-state index contributed by atoms with van der Waals surface area (Å²) < 4.78 is 29.6. The zero-order valence-electron chi connectivity index (χ0n) is 15.0. The molecule has 0 bridgehead atoms. The first-order valence-electron chi connectivity index (χ1n) is 9.32. The number of fused-ring (bicyclic) bond motifs is 1. The molecule has 0 radical (unpaired) electrons. The van der Waals surface area contributed by atoms with E-state index in [0.29, 0.717) is 27.4 Å². The lowest BCUT2D eigenvalue weighted by Crippen LogP contribution is -2.35. The van der Waals surface area contributed by atoms with Crippen molar-refractivity contribution in [3.05, 3.63) is 59.6 Å². The summed E-state index contributed by atoms with van der Waals surface area (Å²) in [5.74, 6) is 0.374. The molecule has 1 aliphatic carbocycles. The van der Waals surface area contributed by atoms with E-state index in [9.17, 15) is 8.42 Å². The number of thiophene rings is 1. The van der Waals surface area contributed by atoms with Crippen molar-refractivity contribution >= 4 is 48.0 Å². The smallest absolute Gasteiger partial charge is 0.255 e. The molecule has 3 nitrogen and oxygen atoms in total. The molecule has 0 unspecified atom stereocenters. The number of anilines is 1. The Kier molecular flexibility index (Phi) is 5.44. The SMILES string of the molecule is O=S(=O)(c1ccccc1)N(CC1CCCCC1)c1sc2ccccc2c1Cl. The van der Waals surface area contributed by atoms with Gasteiger partial charge in [-0.1, -0.05) is 67.3 Å². The summed E-state index contributed by atoms with van der Waals surface area (Å²) in [7, 11) is -3.66. The van der Waals surface area contributed by atoms with Crippen molar-refractivity contribution in [2.75, 3.05) is 10.8 Å². The minimum Gasteiger partial charge on any atom is -0.255 e. The van der Waals surface area contributed by atoms with Crippen LogP contribution in [0.25, 0.3) is 10.1 Å². The number of benzene rings is 2. The van der Waals surface area contributed by atoms with Gasteiger partial charge < -0.3 is 0 Å². The standard InChI is InChI=1S/C21H22ClNO2S2/c22-20-18-13-7-8-14-19(18)26-21(20)23(15-16-9-3-1-4-10-16)27(24,25)17-11-5-2-6-12-17/h2,5-8,11-14,16H,1,3-4,9-10,15H2. The molecule has 1 aliphatic rings. The molecular formula is C21H22ClNO2S2. The van der Waals surface area contributed by atoms with Crippen LogP contribution in [0.5, 0.6) is 0 Å². The molecule has 0 atom stereocenters. The van der Waals surface area contributed by atoms with Gasteiger partial charge in [-0.3, -0.25) is 4.31 Å². The summed E-state index contributed by atoms with van der Waals surface area (Å²) in [6.45, 7) is 0.490. The average Bonchev–Trinajstić information content (AvgIpc) is 3.04. The molecule has 142 valence electrons. The summed E-state index contributed by atoms with van der Waals surface area (Å²) in [6.07, 6.45) is 5.73. The maximum atomic E-state index is 13.5. The normalized spacial score (nSPS) is 15.9. The minimum absolute atomic E-state index is 0.314. The predicted molar refractivity (Wildman–Crippen MR) is 114 cm³/mol. The Morgan fingerprint density at radius 2 is 1.63 bits per heavy atom. The van der Waals surface area contributed by atoms with Gasteiger partial charge in [-0.2, -0.15) is 0 Å². The Labute approximate surface area is 169 Å². The second-order valence-corrected chi connectivity index (χ2v) is 10.3. The van der Waals surface area contributed by atoms with Crippen molar-refractivity contribution in [3.63, 3.8) is 0 Å². The Morgan fingerprint density at radius 3 is 2.33 bits per heavy atom. The van der Waals surface area contributed by atoms with Crippen molar-refractivity contribution in [1.29, 1.82) is 0 Å². The number of hydrogen-bond acceptors (Lipinski definition) is 3. The predicted octanol–water partition coefficient (Wildman–Crippen LogP) is 6.33. The second kappa shape index (κ2) is 7.82. The first-order chi connectivity index (χ1) is 13.1. The van der Waals surface area contributed by atoms with Crippen LogP contribution in [-0.2, 0) is 10.0 Å². The van der Waals surface area contributed by atoms with Crippen LogP contribution in [-0.4, -0.2) is 15.0 Å². The van der Waals surface area contributed by atoms with Gasteiger partial charge in [-0.05, 0) is 37.0 Å². The van der Waals surface area contributed by atoms with Gasteiger partial charge in [0.25, 0.3) is 10.0 Å². The van der Waals surface area contributed by atoms with E-state index in [4.69, 9.17) is 11.6 Å². The lowest BCUT2D eigenvalue weighted by molar-refractivity contribution is 0.366. The molecule has 0 amide bonds. The molecule has 1 aromatic heterocycles. The molecule has 1 heterocycles. The van der Waals surface area contributed by atoms with Crippen molar-refractivity contribution in [1.82, 2.24) is 0 Å². The Hall–Kier alpha value is -1.56. The van der Waals surface area contributed by atoms with Crippen LogP contribution < -0.4 is 4.31 Å². The number of hydrogen-bond donors (Lipinski definition) is 0. The molecule has 0 saturated heterocycles. The van der Waals surface area contributed by atoms with Gasteiger partial charge in [0.1, 0.15) is 5.00 Å². The highest BCUT2D eigenvalue weighted by Crippen LogP contribution is 2.44. The van der Waals surface area contributed by atoms with Crippen LogP contribution in [0, 0.1) is 5.92 Å². The zero-order valence-corrected chi connectivity index (χ0v) is 17.4. The molecular weight excluding hydrogens is 398 g/mol. The third kappa shape index (κ3) is 3.73. The fraction of sp³-hybridized carbons (Fsp3) is 0.333. The van der Waals surface area contributed by atoms with Gasteiger partial charge in [-0.15, -0.1) is 11.3 Å². The van der Waals surface area contributed by atoms with E-state index in [-0.39, 0.29) is 0 Å². The lowest BCUT2D eigenvalue weighted by Gasteiger charge is -2.30. The van der Waals surface area contributed by atoms with Crippen molar-refractivity contribution in [3.8, 4) is 0 Å². The van der Waals surface area contributed by atoms with Gasteiger partial charge in [0.2, 0.25) is 0 Å². The molecule has 4 rings (SSSR count). The van der Waals surface area contributed by atoms with E-state index < -0.39 is 10.0 Å². The molecule has 0 aliphatic heterocycles. The van der Waals surface area contributed by atoms with Crippen LogP contribution >= 0.6 is 22.9 Å². The largest absolute Gasteiger partial charge is 0.264 e. The topological polar surface area (TPSA) is 37.4 Å². The lowest BCUT2D eigenvalue weighted by atomic mass is 9.89. The third-order valence-electron chi connectivity index (χ3n) is 5.22. The van der Waals surface area contributed by atoms with Gasteiger partial charge in [0.15, 0.2) is 0 Å². The van der Waals surface area contributed by atoms with Crippen molar-refractivity contribution in [2.24, 2.45) is 5.92 Å². The molecule has 2 aromatic carbocycles. The molecule has 0 spiro atoms. The van der Waals surface area contributed by atoms with E-state index in [1.54, 1.807) is 28.6 Å². The summed E-state index contributed by atoms with van der Waals surface area (Å²) in [4.78, 5) is 0.314. The summed E-state index contributed by atoms with van der Waals surface area (Å²) in [5, 5.41) is 2.08. The van der Waals surface area contributed by atoms with Crippen molar-refractivity contribution in [2.45, 2.75) is 37.0 Å². The monoisotopic (exact) mass is 419 g/mol. The van der Waals surface area contributed by atoms with E-state index in [2.05, 4.69) is 0 Å². The first kappa shape index (κ1) is 18.8. The average molecular weight is 420 g/mol. The number of halogens is 1. The van der Waals surface area contributed by atoms with Crippen LogP contribution in [0.4, 0.5) is 5.00 Å². The van der Waals surface area contributed by atoms with Gasteiger partial charge >= 0.3 is 0 Å². The van der Waals surface area contributed by atoms with Crippen LogP contribution in [0.15, 0.2) is 59.5 Å². The molecule has 6 heteroatoms. The van der Waals surface area contributed by atoms with E-state index in [0.717, 1.165) is 22.9 Å². The Balaban J connectivity index is 1.81. The summed E-state index contributed by atoms with van der Waals surface area (Å²) in [6, 6.07) is 16.5. The quantitative estimate of drug-likeness (QED) is 0.484. The highest BCUT2D eigenvalue weighted by molar-refractivity contribution is 7.93. The van der Waals surface area contributed by atoms with Gasteiger partial charge in [-0.25, -0.2) is 8.42 Å². The van der Waals surface area contributed by atoms with E-state index in [1.807, 2.05) is 30.3 Å². The first-order valence-corrected chi connectivity index (χ1v) is 12.0. The number of nitrogens with zero attached hydrogens (tertiary/aromatic N) is 1. The Morgan fingerprint density at radius 1 is 0.963 bits per heavy atom. The minimum atomic E-state index is -3.66. The van der Waals surface area contributed by atoms with Crippen molar-refractivity contribution < 1.29 is 8.42 Å². The maximum absolute atomic E-state index is 13.5. The van der Waals surface area contributed by atoms with E-state index in [1.165, 1.54) is 30.6 Å². The fourth-order valence-electron chi connectivity index (χ4n) is 3.78. The van der Waals surface area contributed by atoms with Gasteiger partial charge in [0, 0.05) is 16.6 Å². The second-order valence-electron chi connectivity index (χ2n) is 7.07. The summed E-state index contributed by atoms with van der Waals surface area (Å²) in [5.41, 5.74) is 0. The zero-order chi connectivity index (χ0) is 18.9. The van der Waals surface area contributed by atoms with Crippen LogP contribution in [0.2, 0.25) is 5.02 Å². The number of rotatable bonds is 5. The highest BCUT2D eigenvalue weighted by atomic mass is 35.5. The molecule has 1 fully saturated rings. The Bertz CT molecular complexity index is 1020. The maximum Gasteiger partial charge on any atom is 0.264 e. The third-order valence-corrected chi connectivity index (χ3v) is 8.81. The molecule has 3 aromatic rings. The summed E-state index contributed by atoms with van der Waals surface area (Å²) >= 11 is 8.12. The van der Waals surface area contributed by atoms with E-state index >= 15 is 0 Å². The van der Waals surface area contributed by atoms with Crippen LogP contribution in [0.1, 0.15) is 32.1 Å².